The molecule has 3 aromatic rings. The van der Waals surface area contributed by atoms with Crippen molar-refractivity contribution in [3.63, 3.8) is 0 Å². The lowest BCUT2D eigenvalue weighted by Crippen LogP contribution is -2.04. The lowest BCUT2D eigenvalue weighted by molar-refractivity contribution is -0.136. The largest absolute Gasteiger partial charge is 0.418 e. The Hall–Kier alpha value is -1.67. The number of benzene rings is 1. The van der Waals surface area contributed by atoms with Crippen LogP contribution in [-0.4, -0.2) is 9.97 Å². The number of alkyl halides is 3. The fourth-order valence-corrected chi connectivity index (χ4v) is 3.41. The van der Waals surface area contributed by atoms with Crippen molar-refractivity contribution < 1.29 is 13.2 Å². The zero-order valence-corrected chi connectivity index (χ0v) is 12.4. The zero-order chi connectivity index (χ0) is 15.0. The molecule has 2 aromatic heterocycles. The molecule has 3 nitrogen and oxygen atoms in total. The predicted octanol–water partition coefficient (Wildman–Crippen LogP) is 5.07. The number of aryl methyl sites for hydroxylation is 1. The number of hydrogen-bond acceptors (Lipinski definition) is 4. The first-order chi connectivity index (χ1) is 9.97. The van der Waals surface area contributed by atoms with Crippen molar-refractivity contribution in [2.45, 2.75) is 17.4 Å². The number of thiazole rings is 1. The summed E-state index contributed by atoms with van der Waals surface area (Å²) in [5.41, 5.74) is 0.999. The number of aromatic nitrogens is 2. The maximum absolute atomic E-state index is 13.0. The van der Waals surface area contributed by atoms with E-state index in [4.69, 9.17) is 0 Å². The second-order valence-electron chi connectivity index (χ2n) is 4.38. The second-order valence-corrected chi connectivity index (χ2v) is 6.33. The maximum Gasteiger partial charge on any atom is 0.418 e. The van der Waals surface area contributed by atoms with E-state index in [2.05, 4.69) is 14.7 Å². The van der Waals surface area contributed by atoms with E-state index in [1.807, 2.05) is 5.38 Å². The fraction of sp³-hybridized carbons (Fsp3) is 0.154. The number of H-pyrrole nitrogens is 1. The van der Waals surface area contributed by atoms with Crippen LogP contribution in [0, 0.1) is 6.92 Å². The van der Waals surface area contributed by atoms with E-state index in [9.17, 15) is 13.2 Å². The molecule has 0 radical (unpaired) electrons. The third-order valence-electron chi connectivity index (χ3n) is 3.01. The van der Waals surface area contributed by atoms with Crippen molar-refractivity contribution in [3.8, 4) is 0 Å². The van der Waals surface area contributed by atoms with Crippen LogP contribution in [0.2, 0.25) is 0 Å². The molecule has 2 heterocycles. The molecule has 0 spiro atoms. The van der Waals surface area contributed by atoms with Crippen LogP contribution in [0.4, 0.5) is 18.9 Å². The smallest absolute Gasteiger partial charge is 0.359 e. The van der Waals surface area contributed by atoms with Crippen LogP contribution in [0.25, 0.3) is 10.9 Å². The van der Waals surface area contributed by atoms with Crippen LogP contribution in [0.1, 0.15) is 11.1 Å². The van der Waals surface area contributed by atoms with Gasteiger partial charge in [0.15, 0.2) is 4.34 Å². The molecule has 0 saturated carbocycles. The summed E-state index contributed by atoms with van der Waals surface area (Å²) in [4.78, 5) is 6.82. The standard InChI is InChI=1S/C13H10F3N3S2/c1-7-2-3-9(19-21-12-17-4-5-20-12)11-10(7)8(6-18-11)13(14,15)16/h2-6,18-19H,1H3. The van der Waals surface area contributed by atoms with Crippen LogP contribution >= 0.6 is 23.3 Å². The van der Waals surface area contributed by atoms with Gasteiger partial charge in [0.1, 0.15) is 0 Å². The number of fused-ring (bicyclic) bond motifs is 1. The van der Waals surface area contributed by atoms with Crippen LogP contribution in [0.5, 0.6) is 0 Å². The van der Waals surface area contributed by atoms with Gasteiger partial charge in [-0.15, -0.1) is 11.3 Å². The average molecular weight is 329 g/mol. The number of anilines is 1. The summed E-state index contributed by atoms with van der Waals surface area (Å²) in [5, 5.41) is 2.04. The Labute approximate surface area is 126 Å². The van der Waals surface area contributed by atoms with Crippen LogP contribution in [0.15, 0.2) is 34.2 Å². The van der Waals surface area contributed by atoms with E-state index < -0.39 is 11.7 Å². The maximum atomic E-state index is 13.0. The van der Waals surface area contributed by atoms with Crippen molar-refractivity contribution in [2.24, 2.45) is 0 Å². The zero-order valence-electron chi connectivity index (χ0n) is 10.8. The highest BCUT2D eigenvalue weighted by molar-refractivity contribution is 8.02. The first-order valence-electron chi connectivity index (χ1n) is 5.97. The van der Waals surface area contributed by atoms with Crippen molar-refractivity contribution in [2.75, 3.05) is 4.72 Å². The quantitative estimate of drug-likeness (QED) is 0.659. The number of rotatable bonds is 3. The third-order valence-corrected chi connectivity index (χ3v) is 4.71. The summed E-state index contributed by atoms with van der Waals surface area (Å²) in [6.45, 7) is 1.67. The minimum absolute atomic E-state index is 0.201. The molecule has 0 amide bonds. The predicted molar refractivity (Wildman–Crippen MR) is 79.6 cm³/mol. The van der Waals surface area contributed by atoms with E-state index in [1.165, 1.54) is 23.3 Å². The Morgan fingerprint density at radius 3 is 2.81 bits per heavy atom. The van der Waals surface area contributed by atoms with E-state index in [-0.39, 0.29) is 5.39 Å². The minimum Gasteiger partial charge on any atom is -0.359 e. The lowest BCUT2D eigenvalue weighted by Gasteiger charge is -2.09. The first-order valence-corrected chi connectivity index (χ1v) is 7.66. The molecule has 0 unspecified atom stereocenters. The van der Waals surface area contributed by atoms with E-state index in [1.54, 1.807) is 25.3 Å². The van der Waals surface area contributed by atoms with Gasteiger partial charge in [0.2, 0.25) is 0 Å². The van der Waals surface area contributed by atoms with E-state index in [0.29, 0.717) is 16.8 Å². The monoisotopic (exact) mass is 329 g/mol. The number of nitrogens with one attached hydrogen (secondary N) is 2. The van der Waals surface area contributed by atoms with E-state index >= 15 is 0 Å². The Morgan fingerprint density at radius 1 is 1.33 bits per heavy atom. The summed E-state index contributed by atoms with van der Waals surface area (Å²) in [6.07, 6.45) is -1.68. The van der Waals surface area contributed by atoms with Crippen LogP contribution in [0.3, 0.4) is 0 Å². The molecular formula is C13H10F3N3S2. The van der Waals surface area contributed by atoms with Crippen molar-refractivity contribution in [1.29, 1.82) is 0 Å². The number of nitrogens with zero attached hydrogens (tertiary/aromatic N) is 1. The Bertz CT molecular complexity index is 763. The molecule has 0 atom stereocenters. The molecule has 0 aliphatic heterocycles. The summed E-state index contributed by atoms with van der Waals surface area (Å²) in [6, 6.07) is 3.44. The van der Waals surface area contributed by atoms with Gasteiger partial charge < -0.3 is 9.71 Å². The normalized spacial score (nSPS) is 12.0. The number of halogens is 3. The van der Waals surface area contributed by atoms with Gasteiger partial charge in [0.25, 0.3) is 0 Å². The Morgan fingerprint density at radius 2 is 2.14 bits per heavy atom. The van der Waals surface area contributed by atoms with Gasteiger partial charge >= 0.3 is 6.18 Å². The van der Waals surface area contributed by atoms with E-state index in [0.717, 1.165) is 10.5 Å². The van der Waals surface area contributed by atoms with Crippen molar-refractivity contribution in [1.82, 2.24) is 9.97 Å². The molecule has 1 aromatic carbocycles. The van der Waals surface area contributed by atoms with Gasteiger partial charge in [-0.25, -0.2) is 4.98 Å². The fourth-order valence-electron chi connectivity index (χ4n) is 2.09. The molecule has 0 bridgehead atoms. The van der Waals surface area contributed by atoms with Gasteiger partial charge in [0, 0.05) is 35.1 Å². The van der Waals surface area contributed by atoms with Crippen LogP contribution < -0.4 is 4.72 Å². The Kier molecular flexibility index (Phi) is 3.58. The van der Waals surface area contributed by atoms with Crippen LogP contribution in [-0.2, 0) is 6.18 Å². The SMILES string of the molecule is Cc1ccc(NSc2nccs2)c2[nH]cc(C(F)(F)F)c12. The van der Waals surface area contributed by atoms with Gasteiger partial charge in [-0.05, 0) is 18.6 Å². The highest BCUT2D eigenvalue weighted by Gasteiger charge is 2.34. The molecule has 2 N–H and O–H groups in total. The number of hydrogen-bond donors (Lipinski definition) is 2. The number of aromatic amines is 1. The molecule has 3 rings (SSSR count). The Balaban J connectivity index is 2.01. The summed E-state index contributed by atoms with van der Waals surface area (Å²) in [7, 11) is 0. The second kappa shape index (κ2) is 5.27. The molecule has 0 fully saturated rings. The summed E-state index contributed by atoms with van der Waals surface area (Å²) in [5.74, 6) is 0. The lowest BCUT2D eigenvalue weighted by atomic mass is 10.1. The third kappa shape index (κ3) is 2.73. The summed E-state index contributed by atoms with van der Waals surface area (Å²) >= 11 is 2.73. The molecule has 0 aliphatic carbocycles. The molecule has 21 heavy (non-hydrogen) atoms. The van der Waals surface area contributed by atoms with Gasteiger partial charge in [-0.2, -0.15) is 13.2 Å². The van der Waals surface area contributed by atoms with Crippen molar-refractivity contribution >= 4 is 39.9 Å². The molecule has 8 heteroatoms. The highest BCUT2D eigenvalue weighted by Crippen LogP contribution is 2.39. The highest BCUT2D eigenvalue weighted by atomic mass is 32.2. The van der Waals surface area contributed by atoms with Gasteiger partial charge in [-0.3, -0.25) is 0 Å². The topological polar surface area (TPSA) is 40.7 Å². The average Bonchev–Trinajstić information content (AvgIpc) is 3.06. The van der Waals surface area contributed by atoms with Crippen molar-refractivity contribution in [3.05, 3.63) is 41.0 Å². The first kappa shape index (κ1) is 14.3. The van der Waals surface area contributed by atoms with Gasteiger partial charge in [-0.1, -0.05) is 6.07 Å². The molecule has 110 valence electrons. The van der Waals surface area contributed by atoms with Gasteiger partial charge in [0.05, 0.1) is 16.8 Å². The minimum atomic E-state index is -4.37. The molecule has 0 aliphatic rings. The molecule has 0 saturated heterocycles. The molecular weight excluding hydrogens is 319 g/mol. The summed E-state index contributed by atoms with van der Waals surface area (Å²) < 4.78 is 42.9.